The molecule has 0 unspecified atom stereocenters. The van der Waals surface area contributed by atoms with Gasteiger partial charge in [-0.15, -0.1) is 0 Å². The first-order valence-corrected chi connectivity index (χ1v) is 10.3. The predicted octanol–water partition coefficient (Wildman–Crippen LogP) is 4.14. The second kappa shape index (κ2) is 6.20. The van der Waals surface area contributed by atoms with Gasteiger partial charge in [0.2, 0.25) is 0 Å². The number of hydrogen-bond acceptors (Lipinski definition) is 3. The molecular formula is C22H34O3. The minimum atomic E-state index is -0.265. The fourth-order valence-electron chi connectivity index (χ4n) is 7.70. The van der Waals surface area contributed by atoms with Crippen molar-refractivity contribution in [2.45, 2.75) is 71.3 Å². The normalized spacial score (nSPS) is 49.0. The summed E-state index contributed by atoms with van der Waals surface area (Å²) in [5.41, 5.74) is 1.84. The van der Waals surface area contributed by atoms with E-state index < -0.39 is 0 Å². The molecule has 25 heavy (non-hydrogen) atoms. The third kappa shape index (κ3) is 2.49. The van der Waals surface area contributed by atoms with Crippen molar-refractivity contribution >= 4 is 5.78 Å². The van der Waals surface area contributed by atoms with Gasteiger partial charge in [0.1, 0.15) is 5.78 Å². The van der Waals surface area contributed by atoms with Crippen LogP contribution < -0.4 is 0 Å². The Kier molecular flexibility index (Phi) is 4.39. The minimum absolute atomic E-state index is 0.145. The van der Waals surface area contributed by atoms with E-state index in [0.717, 1.165) is 38.2 Å². The Hall–Kier alpha value is -0.670. The van der Waals surface area contributed by atoms with Crippen LogP contribution in [0.2, 0.25) is 0 Å². The SMILES string of the molecule is COC[C@]12CC[C@H](O)C=C1CC[C@@H]1[C@@H]2CC[C@]2(C)[C@@H](C(C)=O)CC[C@@H]12. The molecule has 0 aromatic heterocycles. The van der Waals surface area contributed by atoms with E-state index in [1.807, 2.05) is 7.11 Å². The topological polar surface area (TPSA) is 46.5 Å². The molecule has 0 bridgehead atoms. The van der Waals surface area contributed by atoms with Gasteiger partial charge in [0.15, 0.2) is 0 Å². The summed E-state index contributed by atoms with van der Waals surface area (Å²) >= 11 is 0. The highest BCUT2D eigenvalue weighted by Gasteiger charge is 2.60. The molecule has 0 aliphatic heterocycles. The molecule has 140 valence electrons. The van der Waals surface area contributed by atoms with Gasteiger partial charge in [-0.05, 0) is 81.5 Å². The largest absolute Gasteiger partial charge is 0.389 e. The van der Waals surface area contributed by atoms with Crippen LogP contribution in [0.5, 0.6) is 0 Å². The summed E-state index contributed by atoms with van der Waals surface area (Å²) in [6.45, 7) is 5.01. The third-order valence-electron chi connectivity index (χ3n) is 8.71. The number of fused-ring (bicyclic) bond motifs is 5. The van der Waals surface area contributed by atoms with Crippen molar-refractivity contribution in [3.05, 3.63) is 11.6 Å². The van der Waals surface area contributed by atoms with Crippen LogP contribution in [0, 0.1) is 34.5 Å². The fraction of sp³-hybridized carbons (Fsp3) is 0.864. The first kappa shape index (κ1) is 17.7. The first-order chi connectivity index (χ1) is 11.9. The van der Waals surface area contributed by atoms with Crippen LogP contribution in [-0.4, -0.2) is 30.7 Å². The van der Waals surface area contributed by atoms with E-state index >= 15 is 0 Å². The zero-order valence-corrected chi connectivity index (χ0v) is 16.1. The van der Waals surface area contributed by atoms with E-state index in [-0.39, 0.29) is 22.9 Å². The molecule has 0 radical (unpaired) electrons. The molecule has 3 heteroatoms. The van der Waals surface area contributed by atoms with Crippen molar-refractivity contribution in [3.8, 4) is 0 Å². The Balaban J connectivity index is 1.68. The molecule has 4 aliphatic rings. The molecule has 0 heterocycles. The van der Waals surface area contributed by atoms with Gasteiger partial charge in [-0.3, -0.25) is 4.79 Å². The Labute approximate surface area is 152 Å². The summed E-state index contributed by atoms with van der Waals surface area (Å²) in [6.07, 6.45) is 10.9. The Bertz CT molecular complexity index is 582. The minimum Gasteiger partial charge on any atom is -0.389 e. The molecule has 1 N–H and O–H groups in total. The molecule has 3 nitrogen and oxygen atoms in total. The number of aliphatic hydroxyl groups excluding tert-OH is 1. The van der Waals surface area contributed by atoms with Gasteiger partial charge in [-0.1, -0.05) is 18.6 Å². The Morgan fingerprint density at radius 3 is 2.72 bits per heavy atom. The van der Waals surface area contributed by atoms with E-state index in [2.05, 4.69) is 13.0 Å². The van der Waals surface area contributed by atoms with E-state index in [0.29, 0.717) is 17.6 Å². The van der Waals surface area contributed by atoms with Crippen molar-refractivity contribution in [2.75, 3.05) is 13.7 Å². The molecule has 4 rings (SSSR count). The molecule has 4 aliphatic carbocycles. The average Bonchev–Trinajstić information content (AvgIpc) is 2.93. The molecule has 3 fully saturated rings. The number of methoxy groups -OCH3 is 1. The standard InChI is InChI=1S/C22H34O3/c1-14(23)18-6-7-19-17-5-4-15-12-16(24)8-11-22(15,13-25-3)20(17)9-10-21(18,19)2/h12,16-20,24H,4-11,13H2,1-3H3/t16-,17-,18+,19-,20-,21+,22+/m0/s1. The quantitative estimate of drug-likeness (QED) is 0.781. The van der Waals surface area contributed by atoms with E-state index in [1.54, 1.807) is 6.92 Å². The van der Waals surface area contributed by atoms with Crippen molar-refractivity contribution in [2.24, 2.45) is 34.5 Å². The Morgan fingerprint density at radius 2 is 2.00 bits per heavy atom. The number of carbonyl (C=O) groups is 1. The lowest BCUT2D eigenvalue weighted by Gasteiger charge is -2.59. The van der Waals surface area contributed by atoms with Crippen LogP contribution in [0.3, 0.4) is 0 Å². The molecule has 0 saturated heterocycles. The van der Waals surface area contributed by atoms with Gasteiger partial charge < -0.3 is 9.84 Å². The van der Waals surface area contributed by atoms with Crippen LogP contribution in [0.25, 0.3) is 0 Å². The maximum absolute atomic E-state index is 12.2. The van der Waals surface area contributed by atoms with Crippen LogP contribution in [0.15, 0.2) is 11.6 Å². The van der Waals surface area contributed by atoms with Crippen LogP contribution in [0.4, 0.5) is 0 Å². The molecule has 0 spiro atoms. The summed E-state index contributed by atoms with van der Waals surface area (Å²) in [4.78, 5) is 12.2. The zero-order chi connectivity index (χ0) is 17.8. The summed E-state index contributed by atoms with van der Waals surface area (Å²) < 4.78 is 5.75. The van der Waals surface area contributed by atoms with E-state index in [9.17, 15) is 9.90 Å². The summed E-state index contributed by atoms with van der Waals surface area (Å²) in [6, 6.07) is 0. The number of ketones is 1. The van der Waals surface area contributed by atoms with Crippen LogP contribution in [-0.2, 0) is 9.53 Å². The average molecular weight is 347 g/mol. The number of Topliss-reactive ketones (excluding diaryl/α,β-unsaturated/α-hetero) is 1. The van der Waals surface area contributed by atoms with Crippen molar-refractivity contribution in [1.82, 2.24) is 0 Å². The number of rotatable bonds is 3. The molecule has 7 atom stereocenters. The second-order valence-corrected chi connectivity index (χ2v) is 9.59. The maximum atomic E-state index is 12.2. The van der Waals surface area contributed by atoms with Crippen molar-refractivity contribution < 1.29 is 14.6 Å². The van der Waals surface area contributed by atoms with Gasteiger partial charge in [-0.25, -0.2) is 0 Å². The van der Waals surface area contributed by atoms with Crippen molar-refractivity contribution in [3.63, 3.8) is 0 Å². The summed E-state index contributed by atoms with van der Waals surface area (Å²) in [7, 11) is 1.83. The lowest BCUT2D eigenvalue weighted by atomic mass is 9.46. The predicted molar refractivity (Wildman–Crippen MR) is 98.1 cm³/mol. The van der Waals surface area contributed by atoms with Crippen LogP contribution in [0.1, 0.15) is 65.2 Å². The molecule has 0 aromatic carbocycles. The first-order valence-electron chi connectivity index (χ1n) is 10.3. The van der Waals surface area contributed by atoms with Crippen LogP contribution >= 0.6 is 0 Å². The van der Waals surface area contributed by atoms with Gasteiger partial charge in [0.25, 0.3) is 0 Å². The highest BCUT2D eigenvalue weighted by atomic mass is 16.5. The highest BCUT2D eigenvalue weighted by Crippen LogP contribution is 2.66. The number of ether oxygens (including phenoxy) is 1. The maximum Gasteiger partial charge on any atom is 0.133 e. The third-order valence-corrected chi connectivity index (χ3v) is 8.71. The summed E-state index contributed by atoms with van der Waals surface area (Å²) in [5.74, 6) is 2.78. The number of hydrogen-bond donors (Lipinski definition) is 1. The van der Waals surface area contributed by atoms with Gasteiger partial charge in [0.05, 0.1) is 12.7 Å². The monoisotopic (exact) mass is 346 g/mol. The van der Waals surface area contributed by atoms with Gasteiger partial charge in [-0.2, -0.15) is 0 Å². The highest BCUT2D eigenvalue weighted by molar-refractivity contribution is 5.79. The molecule has 3 saturated carbocycles. The van der Waals surface area contributed by atoms with E-state index in [4.69, 9.17) is 4.74 Å². The Morgan fingerprint density at radius 1 is 1.20 bits per heavy atom. The smallest absolute Gasteiger partial charge is 0.133 e. The number of aliphatic hydroxyl groups is 1. The molecule has 0 aromatic rings. The lowest BCUT2D eigenvalue weighted by Crippen LogP contribution is -2.53. The molecular weight excluding hydrogens is 312 g/mol. The fourth-order valence-corrected chi connectivity index (χ4v) is 7.70. The van der Waals surface area contributed by atoms with Crippen molar-refractivity contribution in [1.29, 1.82) is 0 Å². The summed E-state index contributed by atoms with van der Waals surface area (Å²) in [5, 5.41) is 10.2. The van der Waals surface area contributed by atoms with E-state index in [1.165, 1.54) is 31.3 Å². The zero-order valence-electron chi connectivity index (χ0n) is 16.1. The lowest BCUT2D eigenvalue weighted by molar-refractivity contribution is -0.129. The number of carbonyl (C=O) groups excluding carboxylic acids is 1. The van der Waals surface area contributed by atoms with Gasteiger partial charge in [0, 0.05) is 18.4 Å². The molecule has 0 amide bonds. The van der Waals surface area contributed by atoms with Gasteiger partial charge >= 0.3 is 0 Å². The second-order valence-electron chi connectivity index (χ2n) is 9.59.